The molecule has 9 heteroatoms. The predicted octanol–water partition coefficient (Wildman–Crippen LogP) is 4.84. The summed E-state index contributed by atoms with van der Waals surface area (Å²) in [6, 6.07) is 11.2. The van der Waals surface area contributed by atoms with Gasteiger partial charge in [0, 0.05) is 36.7 Å². The predicted molar refractivity (Wildman–Crippen MR) is 135 cm³/mol. The van der Waals surface area contributed by atoms with Gasteiger partial charge in [0.1, 0.15) is 23.6 Å². The first kappa shape index (κ1) is 23.7. The van der Waals surface area contributed by atoms with Crippen molar-refractivity contribution in [2.24, 2.45) is 0 Å². The number of aromatic nitrogens is 2. The van der Waals surface area contributed by atoms with Crippen LogP contribution < -0.4 is 15.4 Å². The fourth-order valence-electron chi connectivity index (χ4n) is 4.34. The molecule has 9 nitrogen and oxygen atoms in total. The van der Waals surface area contributed by atoms with Crippen LogP contribution in [0.25, 0.3) is 10.9 Å². The van der Waals surface area contributed by atoms with E-state index in [1.165, 1.54) is 44.7 Å². The second kappa shape index (κ2) is 11.6. The molecule has 4 rings (SSSR count). The summed E-state index contributed by atoms with van der Waals surface area (Å²) < 4.78 is 6.10. The molecule has 3 aromatic rings. The first-order valence-corrected chi connectivity index (χ1v) is 12.0. The Morgan fingerprint density at radius 3 is 2.74 bits per heavy atom. The third-order valence-electron chi connectivity index (χ3n) is 6.06. The SMILES string of the molecule is CCNc1cc2ncnc(NCc3ccccc3OCCCN3CCCCC3)c2cc1[N+](=O)[O-]. The number of hydrogen-bond donors (Lipinski definition) is 2. The van der Waals surface area contributed by atoms with Crippen LogP contribution in [0.15, 0.2) is 42.7 Å². The number of anilines is 2. The Morgan fingerprint density at radius 2 is 1.94 bits per heavy atom. The van der Waals surface area contributed by atoms with Crippen molar-refractivity contribution in [1.29, 1.82) is 0 Å². The number of hydrogen-bond acceptors (Lipinski definition) is 8. The number of fused-ring (bicyclic) bond motifs is 1. The van der Waals surface area contributed by atoms with Crippen LogP contribution in [0.1, 0.15) is 38.2 Å². The van der Waals surface area contributed by atoms with Crippen LogP contribution in [0, 0.1) is 10.1 Å². The average molecular weight is 465 g/mol. The first-order chi connectivity index (χ1) is 16.7. The van der Waals surface area contributed by atoms with Crippen LogP contribution in [-0.2, 0) is 6.54 Å². The minimum Gasteiger partial charge on any atom is -0.493 e. The highest BCUT2D eigenvalue weighted by Crippen LogP contribution is 2.32. The molecule has 0 radical (unpaired) electrons. The van der Waals surface area contributed by atoms with Crippen LogP contribution in [0.5, 0.6) is 5.75 Å². The molecule has 0 bridgehead atoms. The molecule has 0 atom stereocenters. The van der Waals surface area contributed by atoms with Gasteiger partial charge in [-0.05, 0) is 51.4 Å². The van der Waals surface area contributed by atoms with Crippen molar-refractivity contribution in [2.75, 3.05) is 43.4 Å². The average Bonchev–Trinajstić information content (AvgIpc) is 2.86. The first-order valence-electron chi connectivity index (χ1n) is 12.0. The molecular weight excluding hydrogens is 432 g/mol. The number of nitrogens with one attached hydrogen (secondary N) is 2. The second-order valence-corrected chi connectivity index (χ2v) is 8.46. The number of nitrogens with zero attached hydrogens (tertiary/aromatic N) is 4. The number of nitro benzene ring substituents is 1. The van der Waals surface area contributed by atoms with Crippen LogP contribution in [0.3, 0.4) is 0 Å². The number of benzene rings is 2. The Morgan fingerprint density at radius 1 is 1.12 bits per heavy atom. The maximum atomic E-state index is 11.6. The van der Waals surface area contributed by atoms with Gasteiger partial charge >= 0.3 is 0 Å². The largest absolute Gasteiger partial charge is 0.493 e. The van der Waals surface area contributed by atoms with Crippen molar-refractivity contribution in [1.82, 2.24) is 14.9 Å². The topological polar surface area (TPSA) is 105 Å². The monoisotopic (exact) mass is 464 g/mol. The molecule has 1 aliphatic rings. The summed E-state index contributed by atoms with van der Waals surface area (Å²) in [5.41, 5.74) is 2.10. The highest BCUT2D eigenvalue weighted by molar-refractivity contribution is 5.94. The van der Waals surface area contributed by atoms with Crippen molar-refractivity contribution >= 4 is 28.1 Å². The Bertz CT molecular complexity index is 1120. The zero-order chi connectivity index (χ0) is 23.8. The van der Waals surface area contributed by atoms with Gasteiger partial charge in [0.05, 0.1) is 17.0 Å². The van der Waals surface area contributed by atoms with E-state index in [-0.39, 0.29) is 10.6 Å². The number of rotatable bonds is 11. The standard InChI is InChI=1S/C25H32N6O3/c1-2-26-22-16-21-20(15-23(22)31(32)33)25(29-18-28-21)27-17-19-9-4-5-10-24(19)34-14-8-13-30-11-6-3-7-12-30/h4-5,9-10,15-16,18,26H,2-3,6-8,11-14,17H2,1H3,(H,27,28,29). The molecule has 0 spiro atoms. The van der Waals surface area contributed by atoms with Crippen LogP contribution in [0.2, 0.25) is 0 Å². The maximum absolute atomic E-state index is 11.6. The highest BCUT2D eigenvalue weighted by atomic mass is 16.6. The van der Waals surface area contributed by atoms with E-state index in [0.29, 0.717) is 42.1 Å². The Labute approximate surface area is 199 Å². The van der Waals surface area contributed by atoms with Gasteiger partial charge in [0.25, 0.3) is 5.69 Å². The van der Waals surface area contributed by atoms with Gasteiger partial charge in [-0.3, -0.25) is 10.1 Å². The Balaban J connectivity index is 1.43. The quantitative estimate of drug-likeness (QED) is 0.236. The minimum absolute atomic E-state index is 0.00430. The van der Waals surface area contributed by atoms with Crippen molar-refractivity contribution in [3.8, 4) is 5.75 Å². The summed E-state index contributed by atoms with van der Waals surface area (Å²) in [7, 11) is 0. The van der Waals surface area contributed by atoms with Crippen molar-refractivity contribution in [3.05, 3.63) is 58.4 Å². The van der Waals surface area contributed by atoms with E-state index < -0.39 is 0 Å². The van der Waals surface area contributed by atoms with E-state index in [1.54, 1.807) is 6.07 Å². The van der Waals surface area contributed by atoms with Crippen molar-refractivity contribution < 1.29 is 9.66 Å². The molecular formula is C25H32N6O3. The lowest BCUT2D eigenvalue weighted by Gasteiger charge is -2.26. The van der Waals surface area contributed by atoms with E-state index in [9.17, 15) is 10.1 Å². The zero-order valence-corrected chi connectivity index (χ0v) is 19.6. The summed E-state index contributed by atoms with van der Waals surface area (Å²) in [5, 5.41) is 18.6. The number of piperidine rings is 1. The maximum Gasteiger partial charge on any atom is 0.293 e. The molecule has 180 valence electrons. The van der Waals surface area contributed by atoms with Gasteiger partial charge in [0.15, 0.2) is 0 Å². The number of nitro groups is 1. The normalized spacial score (nSPS) is 14.1. The van der Waals surface area contributed by atoms with Gasteiger partial charge in [-0.15, -0.1) is 0 Å². The lowest BCUT2D eigenvalue weighted by Crippen LogP contribution is -2.31. The molecule has 0 amide bonds. The van der Waals surface area contributed by atoms with Crippen LogP contribution >= 0.6 is 0 Å². The third-order valence-corrected chi connectivity index (χ3v) is 6.06. The number of para-hydroxylation sites is 1. The number of likely N-dealkylation sites (tertiary alicyclic amines) is 1. The molecule has 2 heterocycles. The smallest absolute Gasteiger partial charge is 0.293 e. The summed E-state index contributed by atoms with van der Waals surface area (Å²) in [4.78, 5) is 22.4. The molecule has 2 aromatic carbocycles. The Hall–Kier alpha value is -3.46. The summed E-state index contributed by atoms with van der Waals surface area (Å²) in [5.74, 6) is 1.39. The molecule has 1 aromatic heterocycles. The van der Waals surface area contributed by atoms with E-state index in [2.05, 4.69) is 25.5 Å². The van der Waals surface area contributed by atoms with Crippen LogP contribution in [-0.4, -0.2) is 52.6 Å². The van der Waals surface area contributed by atoms with Crippen molar-refractivity contribution in [2.45, 2.75) is 39.2 Å². The Kier molecular flexibility index (Phi) is 8.08. The molecule has 34 heavy (non-hydrogen) atoms. The molecule has 0 unspecified atom stereocenters. The van der Waals surface area contributed by atoms with E-state index >= 15 is 0 Å². The fraction of sp³-hybridized carbons (Fsp3) is 0.440. The van der Waals surface area contributed by atoms with Gasteiger partial charge < -0.3 is 20.3 Å². The molecule has 0 saturated carbocycles. The van der Waals surface area contributed by atoms with Gasteiger partial charge in [0.2, 0.25) is 0 Å². The fourth-order valence-corrected chi connectivity index (χ4v) is 4.34. The summed E-state index contributed by atoms with van der Waals surface area (Å²) >= 11 is 0. The summed E-state index contributed by atoms with van der Waals surface area (Å²) in [6.07, 6.45) is 6.41. The summed E-state index contributed by atoms with van der Waals surface area (Å²) in [6.45, 7) is 7.09. The van der Waals surface area contributed by atoms with Gasteiger partial charge in [-0.25, -0.2) is 9.97 Å². The lowest BCUT2D eigenvalue weighted by molar-refractivity contribution is -0.383. The highest BCUT2D eigenvalue weighted by Gasteiger charge is 2.18. The van der Waals surface area contributed by atoms with Gasteiger partial charge in [-0.2, -0.15) is 0 Å². The van der Waals surface area contributed by atoms with E-state index in [1.807, 2.05) is 31.2 Å². The van der Waals surface area contributed by atoms with E-state index in [0.717, 1.165) is 24.3 Å². The van der Waals surface area contributed by atoms with E-state index in [4.69, 9.17) is 4.74 Å². The molecule has 0 aliphatic carbocycles. The van der Waals surface area contributed by atoms with Gasteiger partial charge in [-0.1, -0.05) is 24.6 Å². The molecule has 1 aliphatic heterocycles. The lowest BCUT2D eigenvalue weighted by atomic mass is 10.1. The third kappa shape index (κ3) is 5.91. The molecule has 2 N–H and O–H groups in total. The second-order valence-electron chi connectivity index (χ2n) is 8.46. The molecule has 1 fully saturated rings. The minimum atomic E-state index is -0.388. The van der Waals surface area contributed by atoms with Crippen LogP contribution in [0.4, 0.5) is 17.2 Å². The van der Waals surface area contributed by atoms with Crippen molar-refractivity contribution in [3.63, 3.8) is 0 Å². The zero-order valence-electron chi connectivity index (χ0n) is 19.6. The number of ether oxygens (including phenoxy) is 1. The molecule has 1 saturated heterocycles.